The zero-order valence-corrected chi connectivity index (χ0v) is 12.2. The quantitative estimate of drug-likeness (QED) is 0.907. The Morgan fingerprint density at radius 2 is 1.85 bits per heavy atom. The second-order valence-electron chi connectivity index (χ2n) is 5.76. The number of benzene rings is 1. The van der Waals surface area contributed by atoms with E-state index in [4.69, 9.17) is 10.8 Å². The molecular formula is C17H23N3. The molecule has 1 heterocycles. The standard InChI is InChI=1S/C17H23N3/c1-2-13-8-10-14(11-9-13)17-16(18)12-20(19-17)15-6-4-3-5-7-15/h8-12,15H,2-7,18H2,1H3. The normalized spacial score (nSPS) is 16.4. The van der Waals surface area contributed by atoms with Gasteiger partial charge in [0.1, 0.15) is 5.69 Å². The van der Waals surface area contributed by atoms with Gasteiger partial charge in [-0.1, -0.05) is 50.5 Å². The monoisotopic (exact) mass is 269 g/mol. The van der Waals surface area contributed by atoms with Crippen LogP contribution in [-0.2, 0) is 6.42 Å². The van der Waals surface area contributed by atoms with Gasteiger partial charge < -0.3 is 5.73 Å². The van der Waals surface area contributed by atoms with Crippen LogP contribution in [0.3, 0.4) is 0 Å². The van der Waals surface area contributed by atoms with E-state index in [0.29, 0.717) is 6.04 Å². The third-order valence-electron chi connectivity index (χ3n) is 4.34. The molecule has 0 atom stereocenters. The number of nitrogens with two attached hydrogens (primary N) is 1. The third kappa shape index (κ3) is 2.58. The summed E-state index contributed by atoms with van der Waals surface area (Å²) in [6, 6.07) is 9.11. The maximum Gasteiger partial charge on any atom is 0.115 e. The molecule has 3 nitrogen and oxygen atoms in total. The molecule has 0 spiro atoms. The van der Waals surface area contributed by atoms with Crippen molar-refractivity contribution >= 4 is 5.69 Å². The molecule has 3 rings (SSSR count). The highest BCUT2D eigenvalue weighted by atomic mass is 15.3. The summed E-state index contributed by atoms with van der Waals surface area (Å²) in [5.41, 5.74) is 10.4. The van der Waals surface area contributed by atoms with Crippen molar-refractivity contribution in [1.29, 1.82) is 0 Å². The zero-order chi connectivity index (χ0) is 13.9. The van der Waals surface area contributed by atoms with E-state index in [-0.39, 0.29) is 0 Å². The molecule has 1 aromatic carbocycles. The lowest BCUT2D eigenvalue weighted by Gasteiger charge is -2.21. The highest BCUT2D eigenvalue weighted by molar-refractivity contribution is 5.72. The maximum absolute atomic E-state index is 6.17. The van der Waals surface area contributed by atoms with Gasteiger partial charge in [-0.05, 0) is 24.8 Å². The van der Waals surface area contributed by atoms with Gasteiger partial charge in [0.15, 0.2) is 0 Å². The molecule has 0 bridgehead atoms. The molecule has 1 fully saturated rings. The van der Waals surface area contributed by atoms with Gasteiger partial charge in [-0.2, -0.15) is 5.10 Å². The van der Waals surface area contributed by atoms with E-state index in [9.17, 15) is 0 Å². The summed E-state index contributed by atoms with van der Waals surface area (Å²) in [4.78, 5) is 0. The largest absolute Gasteiger partial charge is 0.396 e. The van der Waals surface area contributed by atoms with Crippen LogP contribution in [0.2, 0.25) is 0 Å². The highest BCUT2D eigenvalue weighted by Crippen LogP contribution is 2.31. The van der Waals surface area contributed by atoms with Gasteiger partial charge in [0.25, 0.3) is 0 Å². The van der Waals surface area contributed by atoms with Gasteiger partial charge in [-0.25, -0.2) is 0 Å². The lowest BCUT2D eigenvalue weighted by molar-refractivity contribution is 0.330. The van der Waals surface area contributed by atoms with Crippen LogP contribution < -0.4 is 5.73 Å². The number of aromatic nitrogens is 2. The first-order valence-corrected chi connectivity index (χ1v) is 7.72. The number of aryl methyl sites for hydroxylation is 1. The van der Waals surface area contributed by atoms with Crippen LogP contribution >= 0.6 is 0 Å². The second-order valence-corrected chi connectivity index (χ2v) is 5.76. The van der Waals surface area contributed by atoms with Gasteiger partial charge in [-0.15, -0.1) is 0 Å². The smallest absolute Gasteiger partial charge is 0.115 e. The van der Waals surface area contributed by atoms with E-state index >= 15 is 0 Å². The Balaban J connectivity index is 1.87. The van der Waals surface area contributed by atoms with Gasteiger partial charge >= 0.3 is 0 Å². The summed E-state index contributed by atoms with van der Waals surface area (Å²) in [5, 5.41) is 4.75. The molecule has 1 aromatic heterocycles. The highest BCUT2D eigenvalue weighted by Gasteiger charge is 2.18. The molecule has 1 saturated carbocycles. The first kappa shape index (κ1) is 13.2. The molecule has 1 aliphatic rings. The van der Waals surface area contributed by atoms with Crippen molar-refractivity contribution in [3.63, 3.8) is 0 Å². The van der Waals surface area contributed by atoms with Crippen LogP contribution in [0.4, 0.5) is 5.69 Å². The molecule has 0 aliphatic heterocycles. The molecular weight excluding hydrogens is 246 g/mol. The summed E-state index contributed by atoms with van der Waals surface area (Å²) < 4.78 is 2.09. The number of nitrogen functional groups attached to an aromatic ring is 1. The van der Waals surface area contributed by atoms with E-state index in [0.717, 1.165) is 23.4 Å². The van der Waals surface area contributed by atoms with E-state index in [1.807, 2.05) is 6.20 Å². The third-order valence-corrected chi connectivity index (χ3v) is 4.34. The molecule has 0 radical (unpaired) electrons. The van der Waals surface area contributed by atoms with Crippen LogP contribution in [0.1, 0.15) is 50.6 Å². The minimum Gasteiger partial charge on any atom is -0.396 e. The summed E-state index contributed by atoms with van der Waals surface area (Å²) in [6.45, 7) is 2.17. The predicted octanol–water partition coefficient (Wildman–Crippen LogP) is 4.20. The Hall–Kier alpha value is -1.77. The van der Waals surface area contributed by atoms with Crippen LogP contribution in [-0.4, -0.2) is 9.78 Å². The number of hydrogen-bond acceptors (Lipinski definition) is 2. The molecule has 1 aliphatic carbocycles. The van der Waals surface area contributed by atoms with Crippen molar-refractivity contribution in [3.05, 3.63) is 36.0 Å². The Morgan fingerprint density at radius 1 is 1.15 bits per heavy atom. The Bertz CT molecular complexity index is 562. The van der Waals surface area contributed by atoms with Gasteiger partial charge in [0.05, 0.1) is 11.7 Å². The number of rotatable bonds is 3. The first-order valence-electron chi connectivity index (χ1n) is 7.72. The molecule has 2 N–H and O–H groups in total. The summed E-state index contributed by atoms with van der Waals surface area (Å²) in [5.74, 6) is 0. The Kier molecular flexibility index (Phi) is 3.77. The van der Waals surface area contributed by atoms with E-state index in [1.165, 1.54) is 37.7 Å². The summed E-state index contributed by atoms with van der Waals surface area (Å²) >= 11 is 0. The number of nitrogens with zero attached hydrogens (tertiary/aromatic N) is 2. The topological polar surface area (TPSA) is 43.8 Å². The minimum absolute atomic E-state index is 0.537. The fourth-order valence-electron chi connectivity index (χ4n) is 3.06. The number of hydrogen-bond donors (Lipinski definition) is 1. The molecule has 2 aromatic rings. The van der Waals surface area contributed by atoms with Crippen LogP contribution in [0.15, 0.2) is 30.5 Å². The van der Waals surface area contributed by atoms with Crippen molar-refractivity contribution in [2.45, 2.75) is 51.5 Å². The summed E-state index contributed by atoms with van der Waals surface area (Å²) in [6.07, 6.45) is 9.52. The van der Waals surface area contributed by atoms with Crippen LogP contribution in [0.25, 0.3) is 11.3 Å². The summed E-state index contributed by atoms with van der Waals surface area (Å²) in [7, 11) is 0. The lowest BCUT2D eigenvalue weighted by atomic mass is 9.96. The van der Waals surface area contributed by atoms with Crippen LogP contribution in [0.5, 0.6) is 0 Å². The second kappa shape index (κ2) is 5.70. The first-order chi connectivity index (χ1) is 9.78. The molecule has 0 saturated heterocycles. The van der Waals surface area contributed by atoms with Crippen molar-refractivity contribution in [1.82, 2.24) is 9.78 Å². The molecule has 0 amide bonds. The minimum atomic E-state index is 0.537. The van der Waals surface area contributed by atoms with E-state index in [1.54, 1.807) is 0 Å². The molecule has 106 valence electrons. The van der Waals surface area contributed by atoms with Gasteiger partial charge in [0.2, 0.25) is 0 Å². The SMILES string of the molecule is CCc1ccc(-c2nn(C3CCCCC3)cc2N)cc1. The van der Waals surface area contributed by atoms with Crippen molar-refractivity contribution in [2.75, 3.05) is 5.73 Å². The fraction of sp³-hybridized carbons (Fsp3) is 0.471. The molecule has 20 heavy (non-hydrogen) atoms. The van der Waals surface area contributed by atoms with Gasteiger partial charge in [-0.3, -0.25) is 4.68 Å². The van der Waals surface area contributed by atoms with Gasteiger partial charge in [0, 0.05) is 11.8 Å². The van der Waals surface area contributed by atoms with Crippen molar-refractivity contribution in [3.8, 4) is 11.3 Å². The van der Waals surface area contributed by atoms with Crippen molar-refractivity contribution in [2.24, 2.45) is 0 Å². The number of anilines is 1. The predicted molar refractivity (Wildman–Crippen MR) is 83.6 cm³/mol. The van der Waals surface area contributed by atoms with Crippen molar-refractivity contribution < 1.29 is 0 Å². The maximum atomic E-state index is 6.17. The lowest BCUT2D eigenvalue weighted by Crippen LogP contribution is -2.13. The van der Waals surface area contributed by atoms with E-state index < -0.39 is 0 Å². The Labute approximate surface area is 120 Å². The Morgan fingerprint density at radius 3 is 2.50 bits per heavy atom. The molecule has 3 heteroatoms. The molecule has 0 unspecified atom stereocenters. The average Bonchev–Trinajstić information content (AvgIpc) is 2.90. The zero-order valence-electron chi connectivity index (χ0n) is 12.2. The van der Waals surface area contributed by atoms with E-state index in [2.05, 4.69) is 35.9 Å². The fourth-order valence-corrected chi connectivity index (χ4v) is 3.06. The van der Waals surface area contributed by atoms with Crippen LogP contribution in [0, 0.1) is 0 Å². The average molecular weight is 269 g/mol.